The van der Waals surface area contributed by atoms with E-state index < -0.39 is 33.5 Å². The molecule has 40 heavy (non-hydrogen) atoms. The van der Waals surface area contributed by atoms with E-state index in [-0.39, 0.29) is 34.1 Å². The van der Waals surface area contributed by atoms with Gasteiger partial charge in [-0.25, -0.2) is 0 Å². The van der Waals surface area contributed by atoms with Gasteiger partial charge in [-0.2, -0.15) is 0 Å². The summed E-state index contributed by atoms with van der Waals surface area (Å²) >= 11 is 7.16. The van der Waals surface area contributed by atoms with Crippen LogP contribution in [0.3, 0.4) is 0 Å². The lowest BCUT2D eigenvalue weighted by molar-refractivity contribution is -0.385. The first-order valence-corrected chi connectivity index (χ1v) is 13.8. The van der Waals surface area contributed by atoms with Crippen LogP contribution in [0.25, 0.3) is 0 Å². The first kappa shape index (κ1) is 27.5. The van der Waals surface area contributed by atoms with Crippen LogP contribution in [0.2, 0.25) is 0 Å². The molecule has 0 unspecified atom stereocenters. The minimum atomic E-state index is -0.743. The lowest BCUT2D eigenvalue weighted by atomic mass is 9.49. The van der Waals surface area contributed by atoms with Gasteiger partial charge in [0.25, 0.3) is 11.4 Å². The molecule has 8 nitrogen and oxygen atoms in total. The first-order valence-electron chi connectivity index (χ1n) is 12.2. The number of hydrogen-bond donors (Lipinski definition) is 0. The molecule has 0 amide bonds. The predicted molar refractivity (Wildman–Crippen MR) is 156 cm³/mol. The van der Waals surface area contributed by atoms with Crippen LogP contribution in [0.1, 0.15) is 43.7 Å². The molecule has 0 aliphatic heterocycles. The number of rotatable bonds is 8. The highest BCUT2D eigenvalue weighted by Gasteiger charge is 2.58. The Labute approximate surface area is 245 Å². The third kappa shape index (κ3) is 5.00. The normalized spacial score (nSPS) is 19.9. The third-order valence-electron chi connectivity index (χ3n) is 7.36. The van der Waals surface area contributed by atoms with Crippen LogP contribution in [0.5, 0.6) is 0 Å². The topological polar surface area (TPSA) is 120 Å². The Kier molecular flexibility index (Phi) is 7.73. The molecular formula is C30H20Br2N2O6. The number of nitro groups is 2. The average Bonchev–Trinajstić information content (AvgIpc) is 2.94. The van der Waals surface area contributed by atoms with E-state index in [0.717, 1.165) is 11.1 Å². The molecule has 200 valence electrons. The van der Waals surface area contributed by atoms with Crippen LogP contribution in [0, 0.1) is 32.1 Å². The Balaban J connectivity index is 1.70. The maximum atomic E-state index is 14.2. The van der Waals surface area contributed by atoms with Crippen molar-refractivity contribution in [2.75, 3.05) is 0 Å². The fourth-order valence-corrected chi connectivity index (χ4v) is 6.69. The van der Waals surface area contributed by atoms with Crippen molar-refractivity contribution in [3.63, 3.8) is 0 Å². The molecule has 0 bridgehead atoms. The summed E-state index contributed by atoms with van der Waals surface area (Å²) in [5, 5.41) is 22.9. The van der Waals surface area contributed by atoms with Gasteiger partial charge in [-0.15, -0.1) is 0 Å². The molecule has 4 aromatic carbocycles. The monoisotopic (exact) mass is 662 g/mol. The van der Waals surface area contributed by atoms with Crippen LogP contribution >= 0.6 is 31.9 Å². The number of carbonyl (C=O) groups excluding carboxylic acids is 2. The zero-order valence-corrected chi connectivity index (χ0v) is 23.8. The van der Waals surface area contributed by atoms with Crippen molar-refractivity contribution in [2.45, 2.75) is 11.8 Å². The zero-order chi connectivity index (χ0) is 28.6. The van der Waals surface area contributed by atoms with Gasteiger partial charge < -0.3 is 0 Å². The maximum absolute atomic E-state index is 14.2. The molecule has 0 aromatic heterocycles. The van der Waals surface area contributed by atoms with Crippen molar-refractivity contribution >= 4 is 54.8 Å². The molecule has 4 aromatic rings. The Hall–Kier alpha value is -4.02. The number of Topliss-reactive ketones (excluding diaryl/α,β-unsaturated/α-hetero) is 2. The van der Waals surface area contributed by atoms with Crippen molar-refractivity contribution in [2.24, 2.45) is 11.8 Å². The van der Waals surface area contributed by atoms with Crippen LogP contribution in [0.15, 0.2) is 106 Å². The number of halogens is 2. The number of carbonyl (C=O) groups is 2. The van der Waals surface area contributed by atoms with E-state index >= 15 is 0 Å². The Morgan fingerprint density at radius 1 is 0.575 bits per heavy atom. The van der Waals surface area contributed by atoms with Crippen molar-refractivity contribution < 1.29 is 19.4 Å². The summed E-state index contributed by atoms with van der Waals surface area (Å²) < 4.78 is 1.42. The number of benzene rings is 4. The molecule has 0 N–H and O–H groups in total. The lowest BCUT2D eigenvalue weighted by Gasteiger charge is -2.51. The molecule has 5 rings (SSSR count). The largest absolute Gasteiger partial charge is 0.294 e. The molecule has 0 radical (unpaired) electrons. The Bertz CT molecular complexity index is 1540. The van der Waals surface area contributed by atoms with E-state index in [1.807, 2.05) is 48.5 Å². The Morgan fingerprint density at radius 3 is 1.30 bits per heavy atom. The standard InChI is InChI=1S/C30H20Br2N2O6/c31-23-13-3-1-11-21(23)25-27(29(35)17-7-5-9-19(15-17)33(37)38)26(22-12-2-4-14-24(22)32)28(25)30(36)18-8-6-10-20(16-18)34(39)40/h1-16,25-28H. The van der Waals surface area contributed by atoms with Crippen molar-refractivity contribution in [3.8, 4) is 0 Å². The predicted octanol–water partition coefficient (Wildman–Crippen LogP) is 7.91. The quantitative estimate of drug-likeness (QED) is 0.107. The van der Waals surface area contributed by atoms with E-state index in [0.29, 0.717) is 8.95 Å². The van der Waals surface area contributed by atoms with Gasteiger partial charge in [-0.05, 0) is 23.3 Å². The van der Waals surface area contributed by atoms with Gasteiger partial charge in [0, 0.05) is 68.0 Å². The van der Waals surface area contributed by atoms with Crippen LogP contribution < -0.4 is 0 Å². The highest BCUT2D eigenvalue weighted by atomic mass is 79.9. The van der Waals surface area contributed by atoms with Crippen LogP contribution in [-0.2, 0) is 0 Å². The lowest BCUT2D eigenvalue weighted by Crippen LogP contribution is -2.51. The summed E-state index contributed by atoms with van der Waals surface area (Å²) in [5.41, 5.74) is 1.41. The first-order chi connectivity index (χ1) is 19.2. The smallest absolute Gasteiger partial charge is 0.270 e. The van der Waals surface area contributed by atoms with Gasteiger partial charge in [-0.1, -0.05) is 92.5 Å². The van der Waals surface area contributed by atoms with Gasteiger partial charge in [0.05, 0.1) is 9.85 Å². The van der Waals surface area contributed by atoms with Gasteiger partial charge in [0.1, 0.15) is 0 Å². The molecule has 0 saturated heterocycles. The van der Waals surface area contributed by atoms with E-state index in [9.17, 15) is 29.8 Å². The minimum Gasteiger partial charge on any atom is -0.294 e. The molecule has 0 heterocycles. The Morgan fingerprint density at radius 2 is 0.950 bits per heavy atom. The highest BCUT2D eigenvalue weighted by Crippen LogP contribution is 2.61. The van der Waals surface area contributed by atoms with Gasteiger partial charge in [0.15, 0.2) is 11.6 Å². The second-order valence-electron chi connectivity index (χ2n) is 9.49. The van der Waals surface area contributed by atoms with Crippen molar-refractivity contribution in [1.29, 1.82) is 0 Å². The van der Waals surface area contributed by atoms with Crippen molar-refractivity contribution in [3.05, 3.63) is 148 Å². The summed E-state index contributed by atoms with van der Waals surface area (Å²) in [6.07, 6.45) is 0. The molecule has 1 aliphatic rings. The molecule has 1 saturated carbocycles. The maximum Gasteiger partial charge on any atom is 0.270 e. The molecular weight excluding hydrogens is 644 g/mol. The summed E-state index contributed by atoms with van der Waals surface area (Å²) in [6.45, 7) is 0. The summed E-state index contributed by atoms with van der Waals surface area (Å²) in [6, 6.07) is 25.8. The molecule has 1 aliphatic carbocycles. The minimum absolute atomic E-state index is 0.176. The number of nitro benzene ring substituents is 2. The van der Waals surface area contributed by atoms with Gasteiger partial charge in [-0.3, -0.25) is 29.8 Å². The molecule has 0 atom stereocenters. The summed E-state index contributed by atoms with van der Waals surface area (Å²) in [4.78, 5) is 50.2. The fraction of sp³-hybridized carbons (Fsp3) is 0.133. The van der Waals surface area contributed by atoms with Crippen LogP contribution in [0.4, 0.5) is 11.4 Å². The summed E-state index contributed by atoms with van der Waals surface area (Å²) in [7, 11) is 0. The van der Waals surface area contributed by atoms with Crippen LogP contribution in [-0.4, -0.2) is 21.4 Å². The van der Waals surface area contributed by atoms with E-state index in [2.05, 4.69) is 31.9 Å². The molecule has 1 fully saturated rings. The SMILES string of the molecule is O=C(c1cccc([N+](=O)[O-])c1)C1C(c2ccccc2Br)C(C(=O)c2cccc([N+](=O)[O-])c2)C1c1ccccc1Br. The number of non-ortho nitro benzene ring substituents is 2. The average molecular weight is 664 g/mol. The highest BCUT2D eigenvalue weighted by molar-refractivity contribution is 9.10. The molecule has 10 heteroatoms. The molecule has 0 spiro atoms. The van der Waals surface area contributed by atoms with E-state index in [4.69, 9.17) is 0 Å². The third-order valence-corrected chi connectivity index (χ3v) is 8.81. The van der Waals surface area contributed by atoms with Crippen molar-refractivity contribution in [1.82, 2.24) is 0 Å². The second kappa shape index (κ2) is 11.2. The van der Waals surface area contributed by atoms with Gasteiger partial charge >= 0.3 is 0 Å². The second-order valence-corrected chi connectivity index (χ2v) is 11.2. The van der Waals surface area contributed by atoms with E-state index in [1.54, 1.807) is 12.1 Å². The number of ketones is 2. The summed E-state index contributed by atoms with van der Waals surface area (Å²) in [5.74, 6) is -3.35. The number of hydrogen-bond acceptors (Lipinski definition) is 6. The number of nitrogens with zero attached hydrogens (tertiary/aromatic N) is 2. The van der Waals surface area contributed by atoms with E-state index in [1.165, 1.54) is 36.4 Å². The zero-order valence-electron chi connectivity index (χ0n) is 20.6. The van der Waals surface area contributed by atoms with Gasteiger partial charge in [0.2, 0.25) is 0 Å². The fourth-order valence-electron chi connectivity index (χ4n) is 5.60.